The molecule has 4 aromatic rings. The smallest absolute Gasteiger partial charge is 0.280 e. The molecule has 136 valence electrons. The number of amides is 1. The molecule has 4 rings (SSSR count). The lowest BCUT2D eigenvalue weighted by Gasteiger charge is -2.09. The summed E-state index contributed by atoms with van der Waals surface area (Å²) in [6.07, 6.45) is 1.26. The monoisotopic (exact) mass is 383 g/mol. The first-order valence-electron chi connectivity index (χ1n) is 8.06. The fraction of sp³-hybridized carbons (Fsp3) is 0.105. The summed E-state index contributed by atoms with van der Waals surface area (Å²) in [7, 11) is 1.48. The van der Waals surface area contributed by atoms with Gasteiger partial charge in [-0.05, 0) is 24.3 Å². The van der Waals surface area contributed by atoms with Crippen molar-refractivity contribution in [2.75, 3.05) is 12.5 Å². The Labute approximate surface area is 156 Å². The number of methoxy groups -OCH3 is 1. The van der Waals surface area contributed by atoms with E-state index in [1.165, 1.54) is 19.5 Å². The highest BCUT2D eigenvalue weighted by molar-refractivity contribution is 7.21. The standard InChI is InChI=1S/C19H14FN3O3S/c1-26-9-12-16-13(20)6-4-8-15(16)27-17(12)18(24)22-23-10-21-14-7-3-2-5-11(14)19(23)25/h2-8,10H,9H2,1H3,(H,22,24). The lowest BCUT2D eigenvalue weighted by molar-refractivity contribution is 0.101. The van der Waals surface area contributed by atoms with Crippen molar-refractivity contribution in [3.63, 3.8) is 0 Å². The molecule has 0 aliphatic heterocycles. The molecule has 0 spiro atoms. The van der Waals surface area contributed by atoms with E-state index in [1.54, 1.807) is 36.4 Å². The van der Waals surface area contributed by atoms with E-state index in [-0.39, 0.29) is 11.5 Å². The van der Waals surface area contributed by atoms with E-state index in [0.29, 0.717) is 26.6 Å². The van der Waals surface area contributed by atoms with Crippen LogP contribution in [-0.4, -0.2) is 22.7 Å². The number of hydrogen-bond acceptors (Lipinski definition) is 5. The van der Waals surface area contributed by atoms with Gasteiger partial charge in [0.25, 0.3) is 11.5 Å². The van der Waals surface area contributed by atoms with Crippen LogP contribution in [0.1, 0.15) is 15.2 Å². The van der Waals surface area contributed by atoms with E-state index >= 15 is 0 Å². The predicted molar refractivity (Wildman–Crippen MR) is 102 cm³/mol. The number of nitrogens with zero attached hydrogens (tertiary/aromatic N) is 2. The average Bonchev–Trinajstić information content (AvgIpc) is 3.04. The van der Waals surface area contributed by atoms with Crippen LogP contribution in [0.25, 0.3) is 21.0 Å². The SMILES string of the molecule is COCc1c(C(=O)Nn2cnc3ccccc3c2=O)sc2cccc(F)c12. The molecule has 0 unspecified atom stereocenters. The molecule has 0 saturated carbocycles. The Balaban J connectivity index is 1.78. The third kappa shape index (κ3) is 2.98. The van der Waals surface area contributed by atoms with Crippen LogP contribution in [0.5, 0.6) is 0 Å². The fourth-order valence-electron chi connectivity index (χ4n) is 2.94. The highest BCUT2D eigenvalue weighted by Crippen LogP contribution is 2.33. The third-order valence-electron chi connectivity index (χ3n) is 4.15. The van der Waals surface area contributed by atoms with Gasteiger partial charge in [0.15, 0.2) is 0 Å². The van der Waals surface area contributed by atoms with Gasteiger partial charge in [0.05, 0.1) is 17.5 Å². The van der Waals surface area contributed by atoms with Crippen LogP contribution in [0, 0.1) is 5.82 Å². The second-order valence-corrected chi connectivity index (χ2v) is 6.89. The van der Waals surface area contributed by atoms with Crippen LogP contribution in [0.4, 0.5) is 4.39 Å². The van der Waals surface area contributed by atoms with E-state index in [9.17, 15) is 14.0 Å². The largest absolute Gasteiger partial charge is 0.380 e. The number of rotatable bonds is 4. The zero-order valence-electron chi connectivity index (χ0n) is 14.2. The molecule has 6 nitrogen and oxygen atoms in total. The van der Waals surface area contributed by atoms with Crippen molar-refractivity contribution in [1.82, 2.24) is 9.66 Å². The first-order valence-corrected chi connectivity index (χ1v) is 8.88. The third-order valence-corrected chi connectivity index (χ3v) is 5.34. The minimum absolute atomic E-state index is 0.0779. The van der Waals surface area contributed by atoms with E-state index < -0.39 is 17.3 Å². The molecule has 1 N–H and O–H groups in total. The summed E-state index contributed by atoms with van der Waals surface area (Å²) in [5.74, 6) is -0.943. The van der Waals surface area contributed by atoms with Crippen molar-refractivity contribution in [2.24, 2.45) is 0 Å². The molecule has 8 heteroatoms. The number of para-hydroxylation sites is 1. The highest BCUT2D eigenvalue weighted by atomic mass is 32.1. The summed E-state index contributed by atoms with van der Waals surface area (Å²) in [6, 6.07) is 11.5. The second-order valence-electron chi connectivity index (χ2n) is 5.83. The Hall–Kier alpha value is -3.10. The number of thiophene rings is 1. The predicted octanol–water partition coefficient (Wildman–Crippen LogP) is 3.28. The Morgan fingerprint density at radius 1 is 1.26 bits per heavy atom. The van der Waals surface area contributed by atoms with E-state index in [0.717, 1.165) is 16.0 Å². The number of benzene rings is 2. The molecule has 0 atom stereocenters. The Bertz CT molecular complexity index is 1230. The first kappa shape index (κ1) is 17.3. The number of aromatic nitrogens is 2. The molecule has 2 aromatic heterocycles. The zero-order chi connectivity index (χ0) is 19.0. The Morgan fingerprint density at radius 2 is 2.07 bits per heavy atom. The molecular formula is C19H14FN3O3S. The van der Waals surface area contributed by atoms with Gasteiger partial charge in [0.1, 0.15) is 17.0 Å². The Kier molecular flexibility index (Phi) is 4.43. The molecule has 2 heterocycles. The van der Waals surface area contributed by atoms with Gasteiger partial charge in [-0.3, -0.25) is 15.0 Å². The number of carbonyl (C=O) groups is 1. The van der Waals surface area contributed by atoms with Crippen molar-refractivity contribution in [3.8, 4) is 0 Å². The van der Waals surface area contributed by atoms with Gasteiger partial charge in [-0.25, -0.2) is 14.1 Å². The van der Waals surface area contributed by atoms with E-state index in [1.807, 2.05) is 0 Å². The number of fused-ring (bicyclic) bond motifs is 2. The van der Waals surface area contributed by atoms with Crippen LogP contribution in [0.2, 0.25) is 0 Å². The lowest BCUT2D eigenvalue weighted by Crippen LogP contribution is -2.33. The summed E-state index contributed by atoms with van der Waals surface area (Å²) in [5, 5.41) is 0.748. The number of nitrogens with one attached hydrogen (secondary N) is 1. The van der Waals surface area contributed by atoms with Crippen LogP contribution in [-0.2, 0) is 11.3 Å². The van der Waals surface area contributed by atoms with Crippen LogP contribution in [0.3, 0.4) is 0 Å². The summed E-state index contributed by atoms with van der Waals surface area (Å²) in [6.45, 7) is 0.0779. The molecule has 0 fully saturated rings. The van der Waals surface area contributed by atoms with Crippen LogP contribution < -0.4 is 11.0 Å². The molecule has 0 aliphatic rings. The van der Waals surface area contributed by atoms with E-state index in [2.05, 4.69) is 10.4 Å². The van der Waals surface area contributed by atoms with Gasteiger partial charge in [0, 0.05) is 22.8 Å². The number of carbonyl (C=O) groups excluding carboxylic acids is 1. The van der Waals surface area contributed by atoms with Crippen molar-refractivity contribution in [1.29, 1.82) is 0 Å². The summed E-state index contributed by atoms with van der Waals surface area (Å²) >= 11 is 1.15. The molecule has 27 heavy (non-hydrogen) atoms. The molecular weight excluding hydrogens is 369 g/mol. The molecule has 0 saturated heterocycles. The van der Waals surface area contributed by atoms with Gasteiger partial charge in [-0.15, -0.1) is 11.3 Å². The topological polar surface area (TPSA) is 73.2 Å². The summed E-state index contributed by atoms with van der Waals surface area (Å²) in [4.78, 5) is 29.8. The molecule has 0 bridgehead atoms. The highest BCUT2D eigenvalue weighted by Gasteiger charge is 2.21. The van der Waals surface area contributed by atoms with Crippen molar-refractivity contribution < 1.29 is 13.9 Å². The summed E-state index contributed by atoms with van der Waals surface area (Å²) in [5.41, 5.74) is 3.13. The maximum Gasteiger partial charge on any atom is 0.280 e. The van der Waals surface area contributed by atoms with Gasteiger partial charge in [0.2, 0.25) is 0 Å². The van der Waals surface area contributed by atoms with E-state index in [4.69, 9.17) is 4.74 Å². The molecule has 0 radical (unpaired) electrons. The van der Waals surface area contributed by atoms with Gasteiger partial charge >= 0.3 is 0 Å². The lowest BCUT2D eigenvalue weighted by atomic mass is 10.1. The fourth-order valence-corrected chi connectivity index (χ4v) is 4.05. The first-order chi connectivity index (χ1) is 13.1. The van der Waals surface area contributed by atoms with Crippen LogP contribution in [0.15, 0.2) is 53.6 Å². The van der Waals surface area contributed by atoms with Crippen molar-refractivity contribution in [3.05, 3.63) is 75.4 Å². The van der Waals surface area contributed by atoms with Gasteiger partial charge in [-0.2, -0.15) is 0 Å². The minimum atomic E-state index is -0.526. The molecule has 0 aliphatic carbocycles. The van der Waals surface area contributed by atoms with Crippen LogP contribution >= 0.6 is 11.3 Å². The second kappa shape index (κ2) is 6.90. The summed E-state index contributed by atoms with van der Waals surface area (Å²) < 4.78 is 21.1. The minimum Gasteiger partial charge on any atom is -0.380 e. The Morgan fingerprint density at radius 3 is 2.89 bits per heavy atom. The molecule has 2 aromatic carbocycles. The number of hydrogen-bond donors (Lipinski definition) is 1. The van der Waals surface area contributed by atoms with Crippen molar-refractivity contribution in [2.45, 2.75) is 6.61 Å². The average molecular weight is 383 g/mol. The maximum absolute atomic E-state index is 14.3. The zero-order valence-corrected chi connectivity index (χ0v) is 15.0. The quantitative estimate of drug-likeness (QED) is 0.587. The number of ether oxygens (including phenoxy) is 1. The normalized spacial score (nSPS) is 11.2. The number of halogens is 1. The van der Waals surface area contributed by atoms with Crippen molar-refractivity contribution >= 4 is 38.2 Å². The molecule has 1 amide bonds. The maximum atomic E-state index is 14.3. The van der Waals surface area contributed by atoms with Gasteiger partial charge in [-0.1, -0.05) is 18.2 Å². The van der Waals surface area contributed by atoms with Gasteiger partial charge < -0.3 is 4.74 Å².